The lowest BCUT2D eigenvalue weighted by atomic mass is 10.0. The second-order valence-electron chi connectivity index (χ2n) is 4.30. The topological polar surface area (TPSA) is 51.5 Å². The second-order valence-corrected chi connectivity index (χ2v) is 4.30. The van der Waals surface area contributed by atoms with Gasteiger partial charge in [-0.2, -0.15) is 0 Å². The normalized spacial score (nSPS) is 17.7. The Kier molecular flexibility index (Phi) is 3.06. The first-order valence-corrected chi connectivity index (χ1v) is 5.98. The first-order chi connectivity index (χ1) is 9.36. The minimum atomic E-state index is -0.0824. The van der Waals surface area contributed by atoms with E-state index in [1.807, 2.05) is 30.6 Å². The van der Waals surface area contributed by atoms with Crippen LogP contribution in [-0.4, -0.2) is 17.0 Å². The lowest BCUT2D eigenvalue weighted by Gasteiger charge is -2.06. The van der Waals surface area contributed by atoms with Crippen molar-refractivity contribution in [3.8, 4) is 0 Å². The molecule has 19 heavy (non-hydrogen) atoms. The van der Waals surface area contributed by atoms with Crippen molar-refractivity contribution >= 4 is 12.0 Å². The van der Waals surface area contributed by atoms with Crippen molar-refractivity contribution in [3.63, 3.8) is 0 Å². The molecule has 93 valence electrons. The summed E-state index contributed by atoms with van der Waals surface area (Å²) in [5.74, 6) is 0. The van der Waals surface area contributed by atoms with Crippen LogP contribution < -0.4 is 0 Å². The molecule has 1 atom stereocenters. The molecule has 1 unspecified atom stereocenters. The van der Waals surface area contributed by atoms with Gasteiger partial charge in [0, 0.05) is 29.9 Å². The maximum atomic E-state index is 10.5. The van der Waals surface area contributed by atoms with Gasteiger partial charge in [-0.25, -0.2) is 0 Å². The third-order valence-corrected chi connectivity index (χ3v) is 3.06. The largest absolute Gasteiger partial charge is 0.387 e. The Morgan fingerprint density at radius 3 is 2.74 bits per heavy atom. The molecular weight excluding hydrogens is 240 g/mol. The van der Waals surface area contributed by atoms with E-state index in [0.29, 0.717) is 12.0 Å². The van der Waals surface area contributed by atoms with Gasteiger partial charge >= 0.3 is 0 Å². The first-order valence-electron chi connectivity index (χ1n) is 5.98. The number of benzene rings is 1. The molecule has 1 aliphatic heterocycles. The van der Waals surface area contributed by atoms with Gasteiger partial charge in [-0.05, 0) is 11.6 Å². The van der Waals surface area contributed by atoms with Gasteiger partial charge in [-0.3, -0.25) is 9.78 Å². The summed E-state index contributed by atoms with van der Waals surface area (Å²) in [5.41, 5.74) is 3.39. The zero-order valence-corrected chi connectivity index (χ0v) is 10.1. The number of hydrogen-bond donors (Lipinski definition) is 0. The smallest absolute Gasteiger partial charge is 0.233 e. The van der Waals surface area contributed by atoms with E-state index < -0.39 is 0 Å². The van der Waals surface area contributed by atoms with Gasteiger partial charge in [0.2, 0.25) is 6.29 Å². The predicted octanol–water partition coefficient (Wildman–Crippen LogP) is 2.41. The average Bonchev–Trinajstić information content (AvgIpc) is 2.98. The summed E-state index contributed by atoms with van der Waals surface area (Å²) < 4.78 is 0. The molecule has 2 heterocycles. The van der Waals surface area contributed by atoms with Gasteiger partial charge in [-0.15, -0.1) is 0 Å². The minimum absolute atomic E-state index is 0.0824. The van der Waals surface area contributed by atoms with Crippen molar-refractivity contribution < 1.29 is 9.63 Å². The fourth-order valence-corrected chi connectivity index (χ4v) is 2.02. The highest BCUT2D eigenvalue weighted by atomic mass is 16.6. The van der Waals surface area contributed by atoms with E-state index in [1.54, 1.807) is 24.5 Å². The molecule has 3 rings (SSSR count). The molecule has 0 fully saturated rings. The maximum absolute atomic E-state index is 10.5. The quantitative estimate of drug-likeness (QED) is 0.841. The van der Waals surface area contributed by atoms with Crippen LogP contribution in [0, 0.1) is 0 Å². The zero-order chi connectivity index (χ0) is 13.1. The van der Waals surface area contributed by atoms with E-state index in [1.165, 1.54) is 0 Å². The Balaban J connectivity index is 1.76. The fourth-order valence-electron chi connectivity index (χ4n) is 2.02. The summed E-state index contributed by atoms with van der Waals surface area (Å²) in [6.07, 6.45) is 5.99. The molecule has 0 spiro atoms. The average molecular weight is 251 g/mol. The fraction of sp³-hybridized carbons (Fsp3) is 0.133. The summed E-state index contributed by atoms with van der Waals surface area (Å²) in [6, 6.07) is 11.0. The van der Waals surface area contributed by atoms with E-state index >= 15 is 0 Å². The SMILES string of the molecule is O=[C]c1ccc(C2=NOC(c3cccnc3)C2)cc1. The zero-order valence-electron chi connectivity index (χ0n) is 10.1. The molecule has 2 aromatic rings. The van der Waals surface area contributed by atoms with Gasteiger partial charge in [0.25, 0.3) is 0 Å². The van der Waals surface area contributed by atoms with Crippen LogP contribution in [0.3, 0.4) is 0 Å². The van der Waals surface area contributed by atoms with Crippen molar-refractivity contribution in [1.82, 2.24) is 4.98 Å². The van der Waals surface area contributed by atoms with Crippen LogP contribution in [0.4, 0.5) is 0 Å². The molecular formula is C15H11N2O2. The van der Waals surface area contributed by atoms with Crippen molar-refractivity contribution in [1.29, 1.82) is 0 Å². The number of oxime groups is 1. The molecule has 0 bridgehead atoms. The van der Waals surface area contributed by atoms with Crippen LogP contribution in [0.25, 0.3) is 0 Å². The summed E-state index contributed by atoms with van der Waals surface area (Å²) in [6.45, 7) is 0. The van der Waals surface area contributed by atoms with Crippen molar-refractivity contribution in [2.24, 2.45) is 5.16 Å². The Morgan fingerprint density at radius 2 is 2.05 bits per heavy atom. The highest BCUT2D eigenvalue weighted by molar-refractivity contribution is 6.01. The maximum Gasteiger partial charge on any atom is 0.233 e. The summed E-state index contributed by atoms with van der Waals surface area (Å²) in [5, 5.41) is 4.11. The monoisotopic (exact) mass is 251 g/mol. The van der Waals surface area contributed by atoms with Crippen LogP contribution in [0.1, 0.15) is 29.2 Å². The number of pyridine rings is 1. The molecule has 4 nitrogen and oxygen atoms in total. The molecule has 4 heteroatoms. The van der Waals surface area contributed by atoms with Crippen LogP contribution in [0.5, 0.6) is 0 Å². The van der Waals surface area contributed by atoms with E-state index in [4.69, 9.17) is 4.84 Å². The van der Waals surface area contributed by atoms with Gasteiger partial charge in [0.15, 0.2) is 6.10 Å². The van der Waals surface area contributed by atoms with Crippen LogP contribution in [-0.2, 0) is 9.63 Å². The molecule has 1 radical (unpaired) electrons. The predicted molar refractivity (Wildman–Crippen MR) is 70.5 cm³/mol. The molecule has 0 aliphatic carbocycles. The highest BCUT2D eigenvalue weighted by Crippen LogP contribution is 2.28. The number of nitrogens with zero attached hydrogens (tertiary/aromatic N) is 2. The highest BCUT2D eigenvalue weighted by Gasteiger charge is 2.23. The van der Waals surface area contributed by atoms with Crippen molar-refractivity contribution in [3.05, 3.63) is 65.5 Å². The standard InChI is InChI=1S/C15H11N2O2/c18-10-11-3-5-12(6-4-11)14-8-15(19-17-14)13-2-1-7-16-9-13/h1-7,9,15H,8H2. The van der Waals surface area contributed by atoms with E-state index in [0.717, 1.165) is 16.8 Å². The van der Waals surface area contributed by atoms with E-state index in [2.05, 4.69) is 10.1 Å². The van der Waals surface area contributed by atoms with Crippen LogP contribution in [0.2, 0.25) is 0 Å². The Hall–Kier alpha value is -2.49. The number of aromatic nitrogens is 1. The lowest BCUT2D eigenvalue weighted by Crippen LogP contribution is -2.02. The van der Waals surface area contributed by atoms with Crippen LogP contribution in [0.15, 0.2) is 53.9 Å². The first kappa shape index (κ1) is 11.6. The van der Waals surface area contributed by atoms with Crippen molar-refractivity contribution in [2.75, 3.05) is 0 Å². The Morgan fingerprint density at radius 1 is 1.21 bits per heavy atom. The number of hydrogen-bond acceptors (Lipinski definition) is 4. The summed E-state index contributed by atoms with van der Waals surface area (Å²) in [7, 11) is 0. The minimum Gasteiger partial charge on any atom is -0.387 e. The molecule has 0 saturated heterocycles. The molecule has 1 aromatic carbocycles. The molecule has 0 amide bonds. The third-order valence-electron chi connectivity index (χ3n) is 3.06. The van der Waals surface area contributed by atoms with Gasteiger partial charge in [-0.1, -0.05) is 35.5 Å². The molecule has 1 aliphatic rings. The molecule has 0 saturated carbocycles. The molecule has 0 N–H and O–H groups in total. The Labute approximate surface area is 110 Å². The number of rotatable bonds is 3. The second kappa shape index (κ2) is 5.02. The summed E-state index contributed by atoms with van der Waals surface area (Å²) in [4.78, 5) is 20.0. The summed E-state index contributed by atoms with van der Waals surface area (Å²) >= 11 is 0. The van der Waals surface area contributed by atoms with E-state index in [-0.39, 0.29) is 6.10 Å². The molecule has 1 aromatic heterocycles. The lowest BCUT2D eigenvalue weighted by molar-refractivity contribution is 0.0855. The third kappa shape index (κ3) is 2.38. The van der Waals surface area contributed by atoms with Crippen LogP contribution >= 0.6 is 0 Å². The van der Waals surface area contributed by atoms with E-state index in [9.17, 15) is 4.79 Å². The van der Waals surface area contributed by atoms with Gasteiger partial charge in [0.1, 0.15) is 0 Å². The van der Waals surface area contributed by atoms with Crippen molar-refractivity contribution in [2.45, 2.75) is 12.5 Å². The van der Waals surface area contributed by atoms with Gasteiger partial charge < -0.3 is 4.84 Å². The number of carbonyl (C=O) groups excluding carboxylic acids is 1. The van der Waals surface area contributed by atoms with Gasteiger partial charge in [0.05, 0.1) is 5.71 Å². The Bertz CT molecular complexity index is 606.